The number of fused-ring (bicyclic) bond motifs is 3. The number of aryl methyl sites for hydroxylation is 1. The maximum absolute atomic E-state index is 12.5. The van der Waals surface area contributed by atoms with Crippen LogP contribution in [0.3, 0.4) is 0 Å². The molecule has 0 radical (unpaired) electrons. The van der Waals surface area contributed by atoms with Crippen LogP contribution in [0.5, 0.6) is 5.75 Å². The zero-order valence-electron chi connectivity index (χ0n) is 12.5. The highest BCUT2D eigenvalue weighted by Gasteiger charge is 2.24. The van der Waals surface area contributed by atoms with Crippen molar-refractivity contribution in [2.45, 2.75) is 13.5 Å². The number of carbonyl (C=O) groups excluding carboxylic acids is 1. The predicted octanol–water partition coefficient (Wildman–Crippen LogP) is 2.72. The van der Waals surface area contributed by atoms with Gasteiger partial charge in [-0.1, -0.05) is 18.2 Å². The summed E-state index contributed by atoms with van der Waals surface area (Å²) < 4.78 is 7.60. The van der Waals surface area contributed by atoms with E-state index in [0.717, 1.165) is 22.8 Å². The number of hydrogen-bond acceptors (Lipinski definition) is 4. The average molecular weight is 306 g/mol. The Morgan fingerprint density at radius 3 is 2.96 bits per heavy atom. The number of ether oxygens (including phenoxy) is 1. The van der Waals surface area contributed by atoms with E-state index in [0.29, 0.717) is 18.1 Å². The zero-order valence-corrected chi connectivity index (χ0v) is 12.5. The second-order valence-corrected chi connectivity index (χ2v) is 5.28. The Hall–Kier alpha value is -3.15. The maximum atomic E-state index is 12.5. The third-order valence-corrected chi connectivity index (χ3v) is 3.70. The smallest absolute Gasteiger partial charge is 0.277 e. The van der Waals surface area contributed by atoms with Crippen molar-refractivity contribution >= 4 is 11.7 Å². The van der Waals surface area contributed by atoms with Crippen LogP contribution in [0.15, 0.2) is 48.8 Å². The number of nitrogens with zero attached hydrogens (tertiary/aromatic N) is 3. The molecule has 6 nitrogen and oxygen atoms in total. The van der Waals surface area contributed by atoms with E-state index in [2.05, 4.69) is 15.3 Å². The monoisotopic (exact) mass is 306 g/mol. The third-order valence-electron chi connectivity index (χ3n) is 3.70. The molecule has 2 aromatic heterocycles. The van der Waals surface area contributed by atoms with Gasteiger partial charge in [-0.15, -0.1) is 0 Å². The van der Waals surface area contributed by atoms with Gasteiger partial charge in [0.2, 0.25) is 0 Å². The first-order chi connectivity index (χ1) is 11.2. The van der Waals surface area contributed by atoms with Crippen LogP contribution in [0.4, 0.5) is 5.82 Å². The number of nitrogens with one attached hydrogen (secondary N) is 1. The highest BCUT2D eigenvalue weighted by atomic mass is 16.5. The fourth-order valence-electron chi connectivity index (χ4n) is 2.62. The van der Waals surface area contributed by atoms with Crippen molar-refractivity contribution in [1.82, 2.24) is 14.5 Å². The fraction of sp³-hybridized carbons (Fsp3) is 0.118. The van der Waals surface area contributed by atoms with Crippen molar-refractivity contribution < 1.29 is 9.53 Å². The van der Waals surface area contributed by atoms with E-state index in [1.807, 2.05) is 47.9 Å². The molecule has 114 valence electrons. The summed E-state index contributed by atoms with van der Waals surface area (Å²) in [6.07, 6.45) is 1.65. The van der Waals surface area contributed by atoms with Crippen LogP contribution < -0.4 is 10.1 Å². The number of rotatable bonds is 2. The zero-order chi connectivity index (χ0) is 15.8. The van der Waals surface area contributed by atoms with Crippen molar-refractivity contribution in [3.63, 3.8) is 0 Å². The summed E-state index contributed by atoms with van der Waals surface area (Å²) in [5.41, 5.74) is 2.80. The summed E-state index contributed by atoms with van der Waals surface area (Å²) >= 11 is 0. The normalized spacial score (nSPS) is 12.0. The molecule has 0 unspecified atom stereocenters. The van der Waals surface area contributed by atoms with Gasteiger partial charge < -0.3 is 10.1 Å². The van der Waals surface area contributed by atoms with Gasteiger partial charge in [-0.3, -0.25) is 9.36 Å². The molecular weight excluding hydrogens is 292 g/mol. The summed E-state index contributed by atoms with van der Waals surface area (Å²) in [6, 6.07) is 13.1. The number of imidazole rings is 1. The topological polar surface area (TPSA) is 69.0 Å². The van der Waals surface area contributed by atoms with Crippen LogP contribution in [0.2, 0.25) is 0 Å². The summed E-state index contributed by atoms with van der Waals surface area (Å²) in [5, 5.41) is 2.78. The van der Waals surface area contributed by atoms with Gasteiger partial charge in [0.1, 0.15) is 24.5 Å². The molecule has 23 heavy (non-hydrogen) atoms. The maximum Gasteiger partial charge on any atom is 0.277 e. The minimum absolute atomic E-state index is 0.292. The van der Waals surface area contributed by atoms with Crippen LogP contribution in [0.1, 0.15) is 21.9 Å². The van der Waals surface area contributed by atoms with Crippen molar-refractivity contribution in [3.05, 3.63) is 65.9 Å². The van der Waals surface area contributed by atoms with Gasteiger partial charge in [-0.05, 0) is 31.2 Å². The van der Waals surface area contributed by atoms with E-state index in [9.17, 15) is 4.79 Å². The number of para-hydroxylation sites is 2. The molecule has 1 amide bonds. The van der Waals surface area contributed by atoms with Gasteiger partial charge >= 0.3 is 0 Å². The first-order valence-electron chi connectivity index (χ1n) is 7.26. The number of anilines is 1. The summed E-state index contributed by atoms with van der Waals surface area (Å²) in [7, 11) is 0. The number of carbonyl (C=O) groups is 1. The van der Waals surface area contributed by atoms with Crippen LogP contribution in [-0.4, -0.2) is 20.4 Å². The Morgan fingerprint density at radius 2 is 2.09 bits per heavy atom. The fourth-order valence-corrected chi connectivity index (χ4v) is 2.62. The first-order valence-corrected chi connectivity index (χ1v) is 7.26. The number of pyridine rings is 1. The lowest BCUT2D eigenvalue weighted by Gasteiger charge is -2.20. The molecule has 0 spiro atoms. The molecule has 1 aliphatic rings. The summed E-state index contributed by atoms with van der Waals surface area (Å²) in [6.45, 7) is 2.18. The van der Waals surface area contributed by atoms with Gasteiger partial charge in [-0.25, -0.2) is 9.97 Å². The molecule has 3 heterocycles. The van der Waals surface area contributed by atoms with E-state index in [1.165, 1.54) is 0 Å². The quantitative estimate of drug-likeness (QED) is 0.790. The molecule has 1 aliphatic heterocycles. The van der Waals surface area contributed by atoms with E-state index < -0.39 is 0 Å². The largest absolute Gasteiger partial charge is 0.485 e. The van der Waals surface area contributed by atoms with Crippen molar-refractivity contribution in [2.24, 2.45) is 0 Å². The highest BCUT2D eigenvalue weighted by Crippen LogP contribution is 2.30. The molecule has 4 rings (SSSR count). The minimum atomic E-state index is -0.292. The Morgan fingerprint density at radius 1 is 1.22 bits per heavy atom. The van der Waals surface area contributed by atoms with E-state index >= 15 is 0 Å². The second kappa shape index (κ2) is 5.24. The van der Waals surface area contributed by atoms with E-state index in [-0.39, 0.29) is 5.91 Å². The Labute approximate surface area is 132 Å². The van der Waals surface area contributed by atoms with Crippen LogP contribution in [0, 0.1) is 6.92 Å². The third kappa shape index (κ3) is 2.34. The highest BCUT2D eigenvalue weighted by molar-refractivity contribution is 6.03. The molecule has 0 saturated heterocycles. The Kier molecular flexibility index (Phi) is 3.08. The lowest BCUT2D eigenvalue weighted by atomic mass is 10.2. The van der Waals surface area contributed by atoms with Gasteiger partial charge in [0.15, 0.2) is 5.69 Å². The van der Waals surface area contributed by atoms with Crippen molar-refractivity contribution in [1.29, 1.82) is 0 Å². The van der Waals surface area contributed by atoms with Gasteiger partial charge in [0.25, 0.3) is 5.91 Å². The predicted molar refractivity (Wildman–Crippen MR) is 84.8 cm³/mol. The van der Waals surface area contributed by atoms with Crippen LogP contribution >= 0.6 is 0 Å². The molecule has 0 saturated carbocycles. The molecule has 6 heteroatoms. The minimum Gasteiger partial charge on any atom is -0.485 e. The summed E-state index contributed by atoms with van der Waals surface area (Å²) in [5.74, 6) is 0.999. The SMILES string of the molecule is Cc1cccc(NC(=O)c2ncn3c2COc2ccccc2-3)n1. The van der Waals surface area contributed by atoms with E-state index in [1.54, 1.807) is 12.4 Å². The Bertz CT molecular complexity index is 901. The van der Waals surface area contributed by atoms with Gasteiger partial charge in [-0.2, -0.15) is 0 Å². The molecule has 3 aromatic rings. The molecule has 0 fully saturated rings. The lowest BCUT2D eigenvalue weighted by Crippen LogP contribution is -2.19. The lowest BCUT2D eigenvalue weighted by molar-refractivity contribution is 0.101. The van der Waals surface area contributed by atoms with Gasteiger partial charge in [0.05, 0.1) is 11.4 Å². The van der Waals surface area contributed by atoms with Gasteiger partial charge in [0, 0.05) is 5.69 Å². The molecule has 0 atom stereocenters. The van der Waals surface area contributed by atoms with E-state index in [4.69, 9.17) is 4.74 Å². The first kappa shape index (κ1) is 13.5. The van der Waals surface area contributed by atoms with Crippen molar-refractivity contribution in [3.8, 4) is 11.4 Å². The molecular formula is C17H14N4O2. The second-order valence-electron chi connectivity index (χ2n) is 5.28. The van der Waals surface area contributed by atoms with Crippen LogP contribution in [-0.2, 0) is 6.61 Å². The standard InChI is InChI=1S/C17H14N4O2/c1-11-5-4-8-15(19-11)20-17(22)16-13-9-23-14-7-3-2-6-12(14)21(13)10-18-16/h2-8,10H,9H2,1H3,(H,19,20,22). The number of aromatic nitrogens is 3. The molecule has 1 aromatic carbocycles. The number of amides is 1. The molecule has 0 aliphatic carbocycles. The van der Waals surface area contributed by atoms with Crippen molar-refractivity contribution in [2.75, 3.05) is 5.32 Å². The van der Waals surface area contributed by atoms with Crippen LogP contribution in [0.25, 0.3) is 5.69 Å². The molecule has 1 N–H and O–H groups in total. The number of benzene rings is 1. The Balaban J connectivity index is 1.67. The summed E-state index contributed by atoms with van der Waals surface area (Å²) in [4.78, 5) is 21.0. The average Bonchev–Trinajstić information content (AvgIpc) is 2.99. The number of hydrogen-bond donors (Lipinski definition) is 1. The molecule has 0 bridgehead atoms.